The fourth-order valence-electron chi connectivity index (χ4n) is 3.76. The highest BCUT2D eigenvalue weighted by Crippen LogP contribution is 2.61. The minimum Gasteiger partial charge on any atom is -0.422 e. The molecule has 2 fully saturated rings. The molecule has 0 aromatic heterocycles. The highest BCUT2D eigenvalue weighted by atomic mass is 16.7. The number of carbonyl (C=O) groups excluding carboxylic acids is 2. The van der Waals surface area contributed by atoms with Crippen molar-refractivity contribution in [1.29, 1.82) is 0 Å². The van der Waals surface area contributed by atoms with Crippen molar-refractivity contribution in [2.75, 3.05) is 0 Å². The Morgan fingerprint density at radius 2 is 1.80 bits per heavy atom. The van der Waals surface area contributed by atoms with E-state index in [1.165, 1.54) is 0 Å². The average molecular weight is 276 g/mol. The maximum atomic E-state index is 12.5. The molecule has 3 aliphatic rings. The number of rotatable bonds is 0. The average Bonchev–Trinajstić information content (AvgIpc) is 2.63. The number of esters is 2. The molecule has 20 heavy (non-hydrogen) atoms. The number of hydrogen-bond donors (Lipinski definition) is 0. The molecule has 0 unspecified atom stereocenters. The van der Waals surface area contributed by atoms with Crippen LogP contribution in [0, 0.1) is 16.7 Å². The number of fused-ring (bicyclic) bond motifs is 1. The third kappa shape index (κ3) is 1.60. The van der Waals surface area contributed by atoms with Crippen LogP contribution in [0.25, 0.3) is 0 Å². The van der Waals surface area contributed by atoms with E-state index in [9.17, 15) is 9.59 Å². The first-order valence-corrected chi connectivity index (χ1v) is 7.01. The monoisotopic (exact) mass is 276 g/mol. The Kier molecular flexibility index (Phi) is 2.51. The Balaban J connectivity index is 2.00. The molecule has 0 N–H and O–H groups in total. The third-order valence-corrected chi connectivity index (χ3v) is 5.05. The summed E-state index contributed by atoms with van der Waals surface area (Å²) < 4.78 is 10.7. The fourth-order valence-corrected chi connectivity index (χ4v) is 3.76. The van der Waals surface area contributed by atoms with E-state index in [0.29, 0.717) is 12.8 Å². The second-order valence-electron chi connectivity index (χ2n) is 6.90. The van der Waals surface area contributed by atoms with Crippen LogP contribution in [-0.2, 0) is 19.1 Å². The van der Waals surface area contributed by atoms with Crippen molar-refractivity contribution >= 4 is 11.9 Å². The van der Waals surface area contributed by atoms with Gasteiger partial charge in [0.1, 0.15) is 0 Å². The van der Waals surface area contributed by atoms with Gasteiger partial charge in [0.15, 0.2) is 5.41 Å². The summed E-state index contributed by atoms with van der Waals surface area (Å²) in [5.74, 6) is -1.92. The van der Waals surface area contributed by atoms with Crippen LogP contribution in [0.3, 0.4) is 0 Å². The van der Waals surface area contributed by atoms with Crippen molar-refractivity contribution in [1.82, 2.24) is 0 Å². The first kappa shape index (κ1) is 13.4. The molecule has 3 rings (SSSR count). The summed E-state index contributed by atoms with van der Waals surface area (Å²) in [6.45, 7) is 9.37. The molecule has 0 amide bonds. The summed E-state index contributed by atoms with van der Waals surface area (Å²) in [6, 6.07) is 0. The van der Waals surface area contributed by atoms with E-state index in [2.05, 4.69) is 25.7 Å². The lowest BCUT2D eigenvalue weighted by Gasteiger charge is -2.39. The van der Waals surface area contributed by atoms with Crippen LogP contribution >= 0.6 is 0 Å². The van der Waals surface area contributed by atoms with Crippen molar-refractivity contribution in [3.63, 3.8) is 0 Å². The largest absolute Gasteiger partial charge is 0.422 e. The van der Waals surface area contributed by atoms with Crippen LogP contribution < -0.4 is 0 Å². The van der Waals surface area contributed by atoms with E-state index < -0.39 is 23.1 Å². The van der Waals surface area contributed by atoms with E-state index in [1.54, 1.807) is 13.8 Å². The van der Waals surface area contributed by atoms with Gasteiger partial charge < -0.3 is 9.47 Å². The van der Waals surface area contributed by atoms with Gasteiger partial charge in [-0.05, 0) is 30.6 Å². The zero-order chi connectivity index (χ0) is 14.8. The molecule has 0 aromatic rings. The standard InChI is InChI=1S/C16H20O4/c1-10-6-5-7-11-8-16(9-15(10,11)4)12(17)19-14(2,3)20-13(16)18/h5,7,11H,1,6,8-9H2,2-4H3/t11-,15-/m1/s1. The van der Waals surface area contributed by atoms with Gasteiger partial charge in [0.2, 0.25) is 0 Å². The Labute approximate surface area is 118 Å². The van der Waals surface area contributed by atoms with Crippen molar-refractivity contribution in [2.24, 2.45) is 16.7 Å². The summed E-state index contributed by atoms with van der Waals surface area (Å²) in [4.78, 5) is 24.9. The molecular formula is C16H20O4. The maximum absolute atomic E-state index is 12.5. The number of carbonyl (C=O) groups is 2. The molecular weight excluding hydrogens is 256 g/mol. The Morgan fingerprint density at radius 3 is 2.35 bits per heavy atom. The van der Waals surface area contributed by atoms with Gasteiger partial charge >= 0.3 is 11.9 Å². The highest BCUT2D eigenvalue weighted by molar-refractivity contribution is 6.02. The van der Waals surface area contributed by atoms with Gasteiger partial charge in [-0.1, -0.05) is 31.2 Å². The zero-order valence-corrected chi connectivity index (χ0v) is 12.2. The SMILES string of the molecule is C=C1CC=C[C@@H]2CC3(C[C@]12C)C(=O)OC(C)(C)OC3=O. The van der Waals surface area contributed by atoms with E-state index >= 15 is 0 Å². The lowest BCUT2D eigenvalue weighted by Crippen LogP contribution is -2.53. The molecule has 4 nitrogen and oxygen atoms in total. The van der Waals surface area contributed by atoms with Crippen LogP contribution in [0.1, 0.15) is 40.0 Å². The van der Waals surface area contributed by atoms with Crippen molar-refractivity contribution in [3.8, 4) is 0 Å². The lowest BCUT2D eigenvalue weighted by molar-refractivity contribution is -0.251. The molecule has 4 heteroatoms. The first-order chi connectivity index (χ1) is 9.20. The predicted molar refractivity (Wildman–Crippen MR) is 72.4 cm³/mol. The van der Waals surface area contributed by atoms with E-state index in [0.717, 1.165) is 12.0 Å². The molecule has 0 aromatic carbocycles. The minimum atomic E-state index is -1.17. The second kappa shape index (κ2) is 3.74. The summed E-state index contributed by atoms with van der Waals surface area (Å²) in [7, 11) is 0. The zero-order valence-electron chi connectivity index (χ0n) is 12.2. The molecule has 1 spiro atoms. The Hall–Kier alpha value is -1.58. The lowest BCUT2D eigenvalue weighted by atomic mass is 9.69. The summed E-state index contributed by atoms with van der Waals surface area (Å²) in [5.41, 5.74) is -0.312. The quantitative estimate of drug-likeness (QED) is 0.388. The van der Waals surface area contributed by atoms with Gasteiger partial charge in [0.25, 0.3) is 5.79 Å². The third-order valence-electron chi connectivity index (χ3n) is 5.05. The summed E-state index contributed by atoms with van der Waals surface area (Å²) in [5, 5.41) is 0. The van der Waals surface area contributed by atoms with E-state index in [-0.39, 0.29) is 11.3 Å². The normalized spacial score (nSPS) is 37.5. The molecule has 108 valence electrons. The Morgan fingerprint density at radius 1 is 1.20 bits per heavy atom. The number of hydrogen-bond acceptors (Lipinski definition) is 4. The summed E-state index contributed by atoms with van der Waals surface area (Å²) >= 11 is 0. The van der Waals surface area contributed by atoms with Crippen LogP contribution in [0.15, 0.2) is 24.3 Å². The first-order valence-electron chi connectivity index (χ1n) is 7.01. The van der Waals surface area contributed by atoms with Gasteiger partial charge in [-0.2, -0.15) is 0 Å². The van der Waals surface area contributed by atoms with Crippen LogP contribution in [0.5, 0.6) is 0 Å². The number of allylic oxidation sites excluding steroid dienone is 3. The summed E-state index contributed by atoms with van der Waals surface area (Å²) in [6.07, 6.45) is 5.86. The molecule has 1 heterocycles. The molecule has 2 aliphatic carbocycles. The van der Waals surface area contributed by atoms with E-state index in [1.807, 2.05) is 0 Å². The predicted octanol–water partition coefficient (Wildman–Crippen LogP) is 2.74. The topological polar surface area (TPSA) is 52.6 Å². The van der Waals surface area contributed by atoms with Crippen molar-refractivity contribution in [2.45, 2.75) is 45.8 Å². The van der Waals surface area contributed by atoms with Crippen LogP contribution in [0.2, 0.25) is 0 Å². The smallest absolute Gasteiger partial charge is 0.326 e. The van der Waals surface area contributed by atoms with Crippen LogP contribution in [-0.4, -0.2) is 17.7 Å². The highest BCUT2D eigenvalue weighted by Gasteiger charge is 2.65. The molecule has 0 bridgehead atoms. The van der Waals surface area contributed by atoms with Gasteiger partial charge in [-0.25, -0.2) is 0 Å². The molecule has 1 aliphatic heterocycles. The molecule has 0 radical (unpaired) electrons. The van der Waals surface area contributed by atoms with E-state index in [4.69, 9.17) is 9.47 Å². The van der Waals surface area contributed by atoms with Crippen molar-refractivity contribution in [3.05, 3.63) is 24.3 Å². The second-order valence-corrected chi connectivity index (χ2v) is 6.90. The number of cyclic esters (lactones) is 2. The van der Waals surface area contributed by atoms with Crippen LogP contribution in [0.4, 0.5) is 0 Å². The van der Waals surface area contributed by atoms with Crippen molar-refractivity contribution < 1.29 is 19.1 Å². The minimum absolute atomic E-state index is 0.144. The maximum Gasteiger partial charge on any atom is 0.326 e. The molecule has 1 saturated carbocycles. The Bertz CT molecular complexity index is 523. The van der Waals surface area contributed by atoms with Gasteiger partial charge in [-0.3, -0.25) is 9.59 Å². The molecule has 2 atom stereocenters. The molecule has 1 saturated heterocycles. The number of ether oxygens (including phenoxy) is 2. The fraction of sp³-hybridized carbons (Fsp3) is 0.625. The van der Waals surface area contributed by atoms with Gasteiger partial charge in [-0.15, -0.1) is 0 Å². The van der Waals surface area contributed by atoms with Gasteiger partial charge in [0.05, 0.1) is 0 Å². The van der Waals surface area contributed by atoms with Gasteiger partial charge in [0, 0.05) is 13.8 Å².